The molecule has 0 fully saturated rings. The number of methoxy groups -OCH3 is 1. The van der Waals surface area contributed by atoms with Crippen molar-refractivity contribution in [2.45, 2.75) is 19.6 Å². The lowest BCUT2D eigenvalue weighted by Gasteiger charge is -2.19. The second-order valence-electron chi connectivity index (χ2n) is 8.20. The standard InChI is InChI=1S/C26H25FN6O2/c1-17(21-14-19(27)6-9-24(21)35-16-18-4-7-20(34-3)8-5-18)29-25-11-13-33-26(30-25)22(15-28-33)23-10-12-32(2)31-23/h4-15,17H,16H2,1-3H3,(H,29,30). The molecule has 1 N–H and O–H groups in total. The van der Waals surface area contributed by atoms with E-state index in [-0.39, 0.29) is 11.9 Å². The predicted octanol–water partition coefficient (Wildman–Crippen LogP) is 5.03. The van der Waals surface area contributed by atoms with Crippen LogP contribution < -0.4 is 14.8 Å². The summed E-state index contributed by atoms with van der Waals surface area (Å²) < 4.78 is 28.9. The Kier molecular flexibility index (Phi) is 6.05. The zero-order valence-corrected chi connectivity index (χ0v) is 19.6. The Morgan fingerprint density at radius 3 is 2.63 bits per heavy atom. The first kappa shape index (κ1) is 22.4. The molecule has 0 aliphatic rings. The number of fused-ring (bicyclic) bond motifs is 1. The molecule has 1 unspecified atom stereocenters. The van der Waals surface area contributed by atoms with Crippen LogP contribution in [-0.2, 0) is 13.7 Å². The summed E-state index contributed by atoms with van der Waals surface area (Å²) in [6.07, 6.45) is 5.45. The summed E-state index contributed by atoms with van der Waals surface area (Å²) in [7, 11) is 3.49. The summed E-state index contributed by atoms with van der Waals surface area (Å²) in [6, 6.07) is 15.6. The molecule has 0 saturated heterocycles. The van der Waals surface area contributed by atoms with Crippen molar-refractivity contribution in [1.82, 2.24) is 24.4 Å². The molecule has 178 valence electrons. The number of hydrogen-bond acceptors (Lipinski definition) is 6. The first-order valence-electron chi connectivity index (χ1n) is 11.2. The van der Waals surface area contributed by atoms with E-state index in [4.69, 9.17) is 14.5 Å². The van der Waals surface area contributed by atoms with Gasteiger partial charge in [-0.15, -0.1) is 0 Å². The minimum absolute atomic E-state index is 0.271. The molecule has 0 aliphatic heterocycles. The number of benzene rings is 2. The van der Waals surface area contributed by atoms with Crippen LogP contribution in [0.15, 0.2) is 73.2 Å². The van der Waals surface area contributed by atoms with E-state index < -0.39 is 0 Å². The summed E-state index contributed by atoms with van der Waals surface area (Å²) in [5, 5.41) is 12.2. The smallest absolute Gasteiger partial charge is 0.166 e. The Bertz CT molecular complexity index is 1460. The lowest BCUT2D eigenvalue weighted by atomic mass is 10.1. The maximum Gasteiger partial charge on any atom is 0.166 e. The number of nitrogens with one attached hydrogen (secondary N) is 1. The number of aryl methyl sites for hydroxylation is 1. The van der Waals surface area contributed by atoms with Crippen molar-refractivity contribution in [3.63, 3.8) is 0 Å². The first-order valence-corrected chi connectivity index (χ1v) is 11.2. The molecule has 0 radical (unpaired) electrons. The molecule has 0 saturated carbocycles. The summed E-state index contributed by atoms with van der Waals surface area (Å²) in [4.78, 5) is 4.74. The van der Waals surface area contributed by atoms with Crippen LogP contribution in [0.25, 0.3) is 16.9 Å². The molecular weight excluding hydrogens is 447 g/mol. The van der Waals surface area contributed by atoms with E-state index in [1.807, 2.05) is 62.8 Å². The monoisotopic (exact) mass is 472 g/mol. The van der Waals surface area contributed by atoms with Gasteiger partial charge in [0.25, 0.3) is 0 Å². The molecular formula is C26H25FN6O2. The van der Waals surface area contributed by atoms with Crippen LogP contribution in [0, 0.1) is 5.82 Å². The van der Waals surface area contributed by atoms with E-state index in [2.05, 4.69) is 15.5 Å². The fourth-order valence-corrected chi connectivity index (χ4v) is 3.86. The molecule has 3 heterocycles. The molecule has 2 aromatic carbocycles. The highest BCUT2D eigenvalue weighted by Crippen LogP contribution is 2.30. The highest BCUT2D eigenvalue weighted by atomic mass is 19.1. The Hall–Kier alpha value is -4.40. The van der Waals surface area contributed by atoms with Gasteiger partial charge in [-0.05, 0) is 55.0 Å². The van der Waals surface area contributed by atoms with Crippen LogP contribution >= 0.6 is 0 Å². The predicted molar refractivity (Wildman–Crippen MR) is 131 cm³/mol. The van der Waals surface area contributed by atoms with Gasteiger partial charge in [-0.2, -0.15) is 10.2 Å². The van der Waals surface area contributed by atoms with Crippen molar-refractivity contribution < 1.29 is 13.9 Å². The van der Waals surface area contributed by atoms with Crippen molar-refractivity contribution in [2.75, 3.05) is 12.4 Å². The molecule has 35 heavy (non-hydrogen) atoms. The van der Waals surface area contributed by atoms with Crippen molar-refractivity contribution in [3.05, 3.63) is 90.1 Å². The molecule has 3 aromatic heterocycles. The van der Waals surface area contributed by atoms with Gasteiger partial charge < -0.3 is 14.8 Å². The van der Waals surface area contributed by atoms with Gasteiger partial charge in [-0.3, -0.25) is 4.68 Å². The second kappa shape index (κ2) is 9.46. The van der Waals surface area contributed by atoms with E-state index in [9.17, 15) is 4.39 Å². The van der Waals surface area contributed by atoms with Gasteiger partial charge in [-0.25, -0.2) is 13.9 Å². The molecule has 0 bridgehead atoms. The quantitative estimate of drug-likeness (QED) is 0.341. The Balaban J connectivity index is 1.37. The lowest BCUT2D eigenvalue weighted by molar-refractivity contribution is 0.301. The highest BCUT2D eigenvalue weighted by Gasteiger charge is 2.16. The lowest BCUT2D eigenvalue weighted by Crippen LogP contribution is -2.11. The van der Waals surface area contributed by atoms with Crippen molar-refractivity contribution >= 4 is 11.5 Å². The van der Waals surface area contributed by atoms with Crippen molar-refractivity contribution in [2.24, 2.45) is 7.05 Å². The first-order chi connectivity index (χ1) is 17.0. The van der Waals surface area contributed by atoms with E-state index in [1.54, 1.807) is 28.6 Å². The number of ether oxygens (including phenoxy) is 2. The van der Waals surface area contributed by atoms with Gasteiger partial charge in [0.15, 0.2) is 5.65 Å². The number of hydrogen-bond donors (Lipinski definition) is 1. The van der Waals surface area contributed by atoms with Crippen LogP contribution in [0.5, 0.6) is 11.5 Å². The maximum absolute atomic E-state index is 14.2. The van der Waals surface area contributed by atoms with E-state index in [0.29, 0.717) is 29.4 Å². The molecule has 5 rings (SSSR count). The van der Waals surface area contributed by atoms with Crippen LogP contribution in [0.3, 0.4) is 0 Å². The number of anilines is 1. The topological polar surface area (TPSA) is 78.5 Å². The molecule has 5 aromatic rings. The van der Waals surface area contributed by atoms with Crippen LogP contribution in [0.1, 0.15) is 24.1 Å². The molecule has 8 nitrogen and oxygen atoms in total. The summed E-state index contributed by atoms with van der Waals surface area (Å²) >= 11 is 0. The second-order valence-corrected chi connectivity index (χ2v) is 8.20. The summed E-state index contributed by atoms with van der Waals surface area (Å²) in [6.45, 7) is 2.29. The zero-order chi connectivity index (χ0) is 24.4. The van der Waals surface area contributed by atoms with Gasteiger partial charge in [0, 0.05) is 25.0 Å². The molecule has 1 atom stereocenters. The Morgan fingerprint density at radius 1 is 1.06 bits per heavy atom. The maximum atomic E-state index is 14.2. The fourth-order valence-electron chi connectivity index (χ4n) is 3.86. The fraction of sp³-hybridized carbons (Fsp3) is 0.192. The molecule has 0 aliphatic carbocycles. The van der Waals surface area contributed by atoms with Gasteiger partial charge in [0.1, 0.15) is 29.7 Å². The summed E-state index contributed by atoms with van der Waals surface area (Å²) in [5.74, 6) is 1.68. The molecule has 0 spiro atoms. The van der Waals surface area contributed by atoms with Crippen LogP contribution in [0.4, 0.5) is 10.2 Å². The summed E-state index contributed by atoms with van der Waals surface area (Å²) in [5.41, 5.74) is 3.97. The average Bonchev–Trinajstić information content (AvgIpc) is 3.49. The van der Waals surface area contributed by atoms with Gasteiger partial charge in [0.05, 0.1) is 30.6 Å². The zero-order valence-electron chi connectivity index (χ0n) is 19.6. The molecule has 9 heteroatoms. The highest BCUT2D eigenvalue weighted by molar-refractivity contribution is 5.75. The Labute approximate surface area is 202 Å². The van der Waals surface area contributed by atoms with E-state index in [1.165, 1.54) is 12.1 Å². The minimum Gasteiger partial charge on any atom is -0.497 e. The van der Waals surface area contributed by atoms with Crippen molar-refractivity contribution in [3.8, 4) is 22.8 Å². The van der Waals surface area contributed by atoms with Gasteiger partial charge in [0.2, 0.25) is 0 Å². The third-order valence-corrected chi connectivity index (χ3v) is 5.71. The SMILES string of the molecule is COc1ccc(COc2ccc(F)cc2C(C)Nc2ccn3ncc(-c4ccn(C)n4)c3n2)cc1. The largest absolute Gasteiger partial charge is 0.497 e. The van der Waals surface area contributed by atoms with Crippen LogP contribution in [-0.4, -0.2) is 31.5 Å². The third-order valence-electron chi connectivity index (χ3n) is 5.71. The normalized spacial score (nSPS) is 12.0. The number of aromatic nitrogens is 5. The van der Waals surface area contributed by atoms with Crippen molar-refractivity contribution in [1.29, 1.82) is 0 Å². The van der Waals surface area contributed by atoms with Gasteiger partial charge >= 0.3 is 0 Å². The number of halogens is 1. The van der Waals surface area contributed by atoms with Crippen LogP contribution in [0.2, 0.25) is 0 Å². The van der Waals surface area contributed by atoms with E-state index >= 15 is 0 Å². The number of rotatable bonds is 8. The Morgan fingerprint density at radius 2 is 1.89 bits per heavy atom. The minimum atomic E-state index is -0.331. The third kappa shape index (κ3) is 4.79. The van der Waals surface area contributed by atoms with E-state index in [0.717, 1.165) is 22.6 Å². The average molecular weight is 473 g/mol. The molecule has 0 amide bonds. The van der Waals surface area contributed by atoms with Gasteiger partial charge in [-0.1, -0.05) is 12.1 Å². The number of nitrogens with zero attached hydrogens (tertiary/aromatic N) is 5.